The summed E-state index contributed by atoms with van der Waals surface area (Å²) < 4.78 is 106. The topological polar surface area (TPSA) is 79.3 Å². The van der Waals surface area contributed by atoms with Gasteiger partial charge in [-0.25, -0.2) is 8.42 Å². The monoisotopic (exact) mass is 517 g/mol. The Hall–Kier alpha value is -3.26. The van der Waals surface area contributed by atoms with Gasteiger partial charge in [-0.2, -0.15) is 30.6 Å². The average Bonchev–Trinajstić information content (AvgIpc) is 2.83. The van der Waals surface area contributed by atoms with Crippen LogP contribution < -0.4 is 4.90 Å². The molecule has 0 spiro atoms. The number of alkyl halides is 6. The van der Waals surface area contributed by atoms with Crippen molar-refractivity contribution in [3.05, 3.63) is 66.0 Å². The summed E-state index contributed by atoms with van der Waals surface area (Å²) in [6.45, 7) is -0.0889. The lowest BCUT2D eigenvalue weighted by Crippen LogP contribution is -2.49. The minimum absolute atomic E-state index is 0.106. The van der Waals surface area contributed by atoms with Crippen LogP contribution >= 0.6 is 0 Å². The van der Waals surface area contributed by atoms with Gasteiger partial charge in [0.1, 0.15) is 0 Å². The van der Waals surface area contributed by atoms with Gasteiger partial charge in [0, 0.05) is 44.1 Å². The lowest BCUT2D eigenvalue weighted by molar-refractivity contribution is -0.143. The van der Waals surface area contributed by atoms with E-state index in [9.17, 15) is 34.8 Å². The molecular formula is C21H17F6N5O2S. The van der Waals surface area contributed by atoms with Crippen molar-refractivity contribution < 1.29 is 34.8 Å². The van der Waals surface area contributed by atoms with E-state index >= 15 is 0 Å². The van der Waals surface area contributed by atoms with E-state index in [1.807, 2.05) is 0 Å². The summed E-state index contributed by atoms with van der Waals surface area (Å²) in [5, 5.41) is 8.26. The summed E-state index contributed by atoms with van der Waals surface area (Å²) in [6.07, 6.45) is -7.07. The second-order valence-electron chi connectivity index (χ2n) is 7.65. The van der Waals surface area contributed by atoms with Gasteiger partial charge in [0.05, 0.1) is 21.7 Å². The fourth-order valence-corrected chi connectivity index (χ4v) is 5.04. The Labute approximate surface area is 196 Å². The summed E-state index contributed by atoms with van der Waals surface area (Å²) in [6, 6.07) is 7.28. The van der Waals surface area contributed by atoms with Crippen LogP contribution in [0.3, 0.4) is 0 Å². The first-order chi connectivity index (χ1) is 16.4. The predicted molar refractivity (Wildman–Crippen MR) is 113 cm³/mol. The third-order valence-corrected chi connectivity index (χ3v) is 7.25. The largest absolute Gasteiger partial charge is 0.416 e. The molecule has 186 valence electrons. The molecular weight excluding hydrogens is 500 g/mol. The van der Waals surface area contributed by atoms with E-state index in [2.05, 4.69) is 15.2 Å². The lowest BCUT2D eigenvalue weighted by Gasteiger charge is -2.34. The van der Waals surface area contributed by atoms with E-state index in [-0.39, 0.29) is 44.4 Å². The number of sulfonamides is 1. The predicted octanol–water partition coefficient (Wildman–Crippen LogP) is 4.09. The van der Waals surface area contributed by atoms with Crippen molar-refractivity contribution in [2.75, 3.05) is 31.1 Å². The lowest BCUT2D eigenvalue weighted by atomic mass is 10.1. The molecule has 14 heteroatoms. The third kappa shape index (κ3) is 5.37. The normalized spacial score (nSPS) is 15.9. The number of halogens is 6. The highest BCUT2D eigenvalue weighted by atomic mass is 32.2. The molecule has 0 amide bonds. The van der Waals surface area contributed by atoms with Crippen LogP contribution in [0.15, 0.2) is 59.8 Å². The molecule has 0 radical (unpaired) electrons. The van der Waals surface area contributed by atoms with Gasteiger partial charge in [-0.15, -0.1) is 10.2 Å². The number of anilines is 1. The van der Waals surface area contributed by atoms with Crippen molar-refractivity contribution in [2.45, 2.75) is 17.2 Å². The third-order valence-electron chi connectivity index (χ3n) is 5.37. The van der Waals surface area contributed by atoms with Crippen LogP contribution in [0.1, 0.15) is 11.1 Å². The van der Waals surface area contributed by atoms with E-state index in [1.54, 1.807) is 41.6 Å². The summed E-state index contributed by atoms with van der Waals surface area (Å²) in [5.41, 5.74) is -2.04. The van der Waals surface area contributed by atoms with Gasteiger partial charge >= 0.3 is 12.4 Å². The number of hydrogen-bond donors (Lipinski definition) is 0. The van der Waals surface area contributed by atoms with Crippen molar-refractivity contribution in [1.82, 2.24) is 19.5 Å². The van der Waals surface area contributed by atoms with Crippen LogP contribution in [0, 0.1) is 0 Å². The van der Waals surface area contributed by atoms with Crippen molar-refractivity contribution in [1.29, 1.82) is 0 Å². The first-order valence-electron chi connectivity index (χ1n) is 10.1. The number of piperazine rings is 1. The van der Waals surface area contributed by atoms with Crippen LogP contribution in [-0.4, -0.2) is 54.1 Å². The van der Waals surface area contributed by atoms with Gasteiger partial charge in [0.25, 0.3) is 0 Å². The van der Waals surface area contributed by atoms with Crippen molar-refractivity contribution in [3.8, 4) is 11.3 Å². The molecule has 3 aromatic rings. The number of pyridine rings is 1. The van der Waals surface area contributed by atoms with Crippen LogP contribution in [0.4, 0.5) is 32.2 Å². The fraction of sp³-hybridized carbons (Fsp3) is 0.286. The molecule has 0 unspecified atom stereocenters. The molecule has 1 aliphatic rings. The molecule has 0 atom stereocenters. The minimum Gasteiger partial charge on any atom is -0.352 e. The van der Waals surface area contributed by atoms with Crippen molar-refractivity contribution >= 4 is 15.8 Å². The molecule has 35 heavy (non-hydrogen) atoms. The highest BCUT2D eigenvalue weighted by molar-refractivity contribution is 7.89. The molecule has 0 saturated carbocycles. The highest BCUT2D eigenvalue weighted by Gasteiger charge is 2.39. The maximum atomic E-state index is 13.1. The summed E-state index contributed by atoms with van der Waals surface area (Å²) >= 11 is 0. The second-order valence-corrected chi connectivity index (χ2v) is 9.59. The molecule has 1 saturated heterocycles. The van der Waals surface area contributed by atoms with Crippen molar-refractivity contribution in [3.63, 3.8) is 0 Å². The van der Waals surface area contributed by atoms with Gasteiger partial charge in [0.2, 0.25) is 10.0 Å². The number of rotatable bonds is 4. The number of hydrogen-bond acceptors (Lipinski definition) is 6. The smallest absolute Gasteiger partial charge is 0.352 e. The average molecular weight is 517 g/mol. The van der Waals surface area contributed by atoms with Gasteiger partial charge < -0.3 is 4.90 Å². The van der Waals surface area contributed by atoms with Crippen LogP contribution in [0.5, 0.6) is 0 Å². The molecule has 0 N–H and O–H groups in total. The van der Waals surface area contributed by atoms with Gasteiger partial charge in [-0.3, -0.25) is 4.98 Å². The Morgan fingerprint density at radius 1 is 0.800 bits per heavy atom. The molecule has 3 heterocycles. The highest BCUT2D eigenvalue weighted by Crippen LogP contribution is 2.38. The number of aromatic nitrogens is 3. The Morgan fingerprint density at radius 3 is 1.91 bits per heavy atom. The molecule has 1 aromatic carbocycles. The molecule has 0 aliphatic carbocycles. The number of nitrogens with zero attached hydrogens (tertiary/aromatic N) is 5. The molecule has 4 rings (SSSR count). The molecule has 1 aliphatic heterocycles. The molecule has 2 aromatic heterocycles. The fourth-order valence-electron chi connectivity index (χ4n) is 3.54. The summed E-state index contributed by atoms with van der Waals surface area (Å²) in [4.78, 5) is 4.66. The van der Waals surface area contributed by atoms with Gasteiger partial charge in [0.15, 0.2) is 5.82 Å². The zero-order valence-electron chi connectivity index (χ0n) is 17.8. The summed E-state index contributed by atoms with van der Waals surface area (Å²) in [7, 11) is -4.61. The maximum Gasteiger partial charge on any atom is 0.416 e. The molecule has 0 bridgehead atoms. The Balaban J connectivity index is 1.52. The molecule has 7 nitrogen and oxygen atoms in total. The second kappa shape index (κ2) is 9.07. The zero-order chi connectivity index (χ0) is 25.4. The van der Waals surface area contributed by atoms with E-state index in [0.29, 0.717) is 11.5 Å². The zero-order valence-corrected chi connectivity index (χ0v) is 18.6. The Bertz CT molecular complexity index is 1260. The van der Waals surface area contributed by atoms with Crippen molar-refractivity contribution in [2.24, 2.45) is 0 Å². The van der Waals surface area contributed by atoms with Gasteiger partial charge in [-0.1, -0.05) is 0 Å². The quantitative estimate of drug-likeness (QED) is 0.486. The van der Waals surface area contributed by atoms with Crippen LogP contribution in [0.2, 0.25) is 0 Å². The summed E-state index contributed by atoms with van der Waals surface area (Å²) in [5.74, 6) is 0.452. The Morgan fingerprint density at radius 2 is 1.43 bits per heavy atom. The standard InChI is InChI=1S/C21H17F6N5O2S/c22-20(23,24)15-10-16(21(25,26)27)12-17(11-15)35(33,34)32-8-6-31(7-9-32)19-4-3-18(29-30-19)14-2-1-5-28-13-14/h1-5,10-13H,6-9H2. The number of benzene rings is 1. The first-order valence-corrected chi connectivity index (χ1v) is 11.6. The first kappa shape index (κ1) is 24.9. The Kier molecular flexibility index (Phi) is 6.44. The van der Waals surface area contributed by atoms with E-state index in [1.165, 1.54) is 0 Å². The van der Waals surface area contributed by atoms with Crippen LogP contribution in [-0.2, 0) is 22.4 Å². The maximum absolute atomic E-state index is 13.1. The SMILES string of the molecule is O=S(=O)(c1cc(C(F)(F)F)cc(C(F)(F)F)c1)N1CCN(c2ccc(-c3cccnc3)nn2)CC1. The minimum atomic E-state index is -5.15. The van der Waals surface area contributed by atoms with Crippen LogP contribution in [0.25, 0.3) is 11.3 Å². The van der Waals surface area contributed by atoms with E-state index in [0.717, 1.165) is 9.87 Å². The van der Waals surface area contributed by atoms with E-state index < -0.39 is 38.4 Å². The van der Waals surface area contributed by atoms with E-state index in [4.69, 9.17) is 0 Å². The van der Waals surface area contributed by atoms with Gasteiger partial charge in [-0.05, 0) is 42.5 Å². The molecule has 1 fully saturated rings.